The fourth-order valence-electron chi connectivity index (χ4n) is 5.51. The average Bonchev–Trinajstić information content (AvgIpc) is 3.41. The van der Waals surface area contributed by atoms with Crippen LogP contribution >= 0.6 is 0 Å². The third-order valence-corrected chi connectivity index (χ3v) is 8.10. The fraction of sp³-hybridized carbons (Fsp3) is 0.724. The van der Waals surface area contributed by atoms with E-state index in [0.29, 0.717) is 50.2 Å². The van der Waals surface area contributed by atoms with Crippen LogP contribution in [0.1, 0.15) is 85.0 Å². The highest BCUT2D eigenvalue weighted by molar-refractivity contribution is 5.98. The zero-order valence-electron chi connectivity index (χ0n) is 23.1. The van der Waals surface area contributed by atoms with Crippen molar-refractivity contribution in [2.75, 3.05) is 6.61 Å². The van der Waals surface area contributed by atoms with Gasteiger partial charge in [0.1, 0.15) is 17.7 Å². The van der Waals surface area contributed by atoms with Gasteiger partial charge in [0.2, 0.25) is 17.7 Å². The van der Waals surface area contributed by atoms with Crippen LogP contribution in [0.25, 0.3) is 0 Å². The topological polar surface area (TPSA) is 137 Å². The number of aliphatic hydroxyl groups excluding tert-OH is 1. The molecule has 38 heavy (non-hydrogen) atoms. The second-order valence-corrected chi connectivity index (χ2v) is 11.5. The van der Waals surface area contributed by atoms with Crippen LogP contribution in [-0.2, 0) is 23.9 Å². The fourth-order valence-corrected chi connectivity index (χ4v) is 5.51. The van der Waals surface area contributed by atoms with Gasteiger partial charge in [-0.25, -0.2) is 0 Å². The Morgan fingerprint density at radius 3 is 2.18 bits per heavy atom. The van der Waals surface area contributed by atoms with Crippen molar-refractivity contribution in [1.29, 1.82) is 0 Å². The summed E-state index contributed by atoms with van der Waals surface area (Å²) in [6.07, 6.45) is 10.5. The van der Waals surface area contributed by atoms with E-state index in [1.165, 1.54) is 0 Å². The predicted molar refractivity (Wildman–Crippen MR) is 144 cm³/mol. The summed E-state index contributed by atoms with van der Waals surface area (Å²) in [5, 5.41) is 18.1. The summed E-state index contributed by atoms with van der Waals surface area (Å²) in [7, 11) is 0. The molecule has 1 heterocycles. The SMILES string of the molecule is C=C(/C=C\C)C[C@H](NC(=O)[C@@H](C)NC(=O)C1CCC(O)CC1)C(=O)N[C@@H](CC1CCCC1)C(=O)[C@@]1(C)CO1. The Kier molecular flexibility index (Phi) is 10.7. The van der Waals surface area contributed by atoms with Gasteiger partial charge in [0.15, 0.2) is 5.78 Å². The normalized spacial score (nSPS) is 27.8. The molecule has 0 aromatic carbocycles. The van der Waals surface area contributed by atoms with E-state index in [1.807, 2.05) is 6.92 Å². The molecule has 1 saturated heterocycles. The maximum Gasteiger partial charge on any atom is 0.243 e. The third-order valence-electron chi connectivity index (χ3n) is 8.10. The van der Waals surface area contributed by atoms with Crippen LogP contribution in [0.4, 0.5) is 0 Å². The second kappa shape index (κ2) is 13.5. The summed E-state index contributed by atoms with van der Waals surface area (Å²) in [6.45, 7) is 9.50. The average molecular weight is 532 g/mol. The van der Waals surface area contributed by atoms with Crippen LogP contribution in [0, 0.1) is 11.8 Å². The lowest BCUT2D eigenvalue weighted by atomic mass is 9.87. The maximum atomic E-state index is 13.5. The molecule has 0 unspecified atom stereocenters. The molecule has 4 N–H and O–H groups in total. The molecule has 3 aliphatic rings. The van der Waals surface area contributed by atoms with Gasteiger partial charge in [-0.15, -0.1) is 0 Å². The van der Waals surface area contributed by atoms with Crippen molar-refractivity contribution in [1.82, 2.24) is 16.0 Å². The Labute approximate surface area is 226 Å². The van der Waals surface area contributed by atoms with E-state index >= 15 is 0 Å². The Hall–Kier alpha value is -2.52. The quantitative estimate of drug-likeness (QED) is 0.213. The number of allylic oxidation sites excluding steroid dienone is 2. The number of nitrogens with one attached hydrogen (secondary N) is 3. The lowest BCUT2D eigenvalue weighted by molar-refractivity contribution is -0.135. The van der Waals surface area contributed by atoms with Gasteiger partial charge in [-0.1, -0.05) is 50.0 Å². The van der Waals surface area contributed by atoms with E-state index in [9.17, 15) is 24.3 Å². The van der Waals surface area contributed by atoms with E-state index in [4.69, 9.17) is 4.74 Å². The first-order valence-electron chi connectivity index (χ1n) is 14.1. The highest BCUT2D eigenvalue weighted by atomic mass is 16.6. The maximum absolute atomic E-state index is 13.5. The highest BCUT2D eigenvalue weighted by Crippen LogP contribution is 2.33. The zero-order chi connectivity index (χ0) is 27.9. The van der Waals surface area contributed by atoms with Crippen LogP contribution < -0.4 is 16.0 Å². The molecule has 0 aromatic rings. The molecule has 9 nitrogen and oxygen atoms in total. The van der Waals surface area contributed by atoms with E-state index < -0.39 is 35.5 Å². The molecule has 0 radical (unpaired) electrons. The number of rotatable bonds is 13. The number of epoxide rings is 1. The van der Waals surface area contributed by atoms with Gasteiger partial charge < -0.3 is 25.8 Å². The summed E-state index contributed by atoms with van der Waals surface area (Å²) in [5.41, 5.74) is -0.209. The van der Waals surface area contributed by atoms with Crippen LogP contribution in [0.5, 0.6) is 0 Å². The number of Topliss-reactive ketones (excluding diaryl/α,β-unsaturated/α-hetero) is 1. The molecule has 4 atom stereocenters. The summed E-state index contributed by atoms with van der Waals surface area (Å²) < 4.78 is 5.38. The van der Waals surface area contributed by atoms with Gasteiger partial charge in [-0.05, 0) is 58.8 Å². The number of carbonyl (C=O) groups is 4. The van der Waals surface area contributed by atoms with Crippen LogP contribution in [-0.4, -0.2) is 65.0 Å². The van der Waals surface area contributed by atoms with Gasteiger partial charge in [-0.2, -0.15) is 0 Å². The van der Waals surface area contributed by atoms with Crippen LogP contribution in [0.3, 0.4) is 0 Å². The molecule has 1 aliphatic heterocycles. The number of hydrogen-bond donors (Lipinski definition) is 4. The van der Waals surface area contributed by atoms with E-state index in [1.54, 1.807) is 26.0 Å². The molecule has 3 fully saturated rings. The van der Waals surface area contributed by atoms with Crippen molar-refractivity contribution in [3.05, 3.63) is 24.3 Å². The molecule has 3 rings (SSSR count). The minimum absolute atomic E-state index is 0.131. The van der Waals surface area contributed by atoms with Crippen LogP contribution in [0.15, 0.2) is 24.3 Å². The minimum Gasteiger partial charge on any atom is -0.393 e. The number of ether oxygens (including phenoxy) is 1. The molecular weight excluding hydrogens is 486 g/mol. The first-order valence-corrected chi connectivity index (χ1v) is 14.1. The highest BCUT2D eigenvalue weighted by Gasteiger charge is 2.50. The molecular formula is C29H45N3O6. The third kappa shape index (κ3) is 8.50. The standard InChI is InChI=1S/C29H45N3O6/c1-5-8-18(2)15-24(32-26(35)19(3)30-27(36)21-11-13-22(33)14-12-21)28(37)31-23(16-20-9-6-7-10-20)25(34)29(4)17-38-29/h5,8,19-24,33H,2,6-7,9-17H2,1,3-4H3,(H,30,36)(H,31,37)(H,32,35)/b8-5-/t19-,21?,22?,23+,24+,29-/m1/s1. The molecule has 9 heteroatoms. The molecule has 212 valence electrons. The summed E-state index contributed by atoms with van der Waals surface area (Å²) in [6, 6.07) is -2.50. The van der Waals surface area contributed by atoms with Crippen molar-refractivity contribution in [2.24, 2.45) is 11.8 Å². The van der Waals surface area contributed by atoms with Gasteiger partial charge in [0, 0.05) is 12.3 Å². The molecule has 2 aliphatic carbocycles. The summed E-state index contributed by atoms with van der Waals surface area (Å²) in [4.78, 5) is 52.4. The first kappa shape index (κ1) is 30.0. The van der Waals surface area contributed by atoms with Gasteiger partial charge in [0.25, 0.3) is 0 Å². The van der Waals surface area contributed by atoms with Gasteiger partial charge in [-0.3, -0.25) is 19.2 Å². The number of amides is 3. The molecule has 3 amide bonds. The van der Waals surface area contributed by atoms with Gasteiger partial charge in [0.05, 0.1) is 18.8 Å². The number of aliphatic hydroxyl groups is 1. The van der Waals surface area contributed by atoms with E-state index in [2.05, 4.69) is 22.5 Å². The first-order chi connectivity index (χ1) is 18.0. The lowest BCUT2D eigenvalue weighted by Gasteiger charge is -2.28. The largest absolute Gasteiger partial charge is 0.393 e. The van der Waals surface area contributed by atoms with Crippen molar-refractivity contribution < 1.29 is 29.0 Å². The Balaban J connectivity index is 1.65. The van der Waals surface area contributed by atoms with E-state index in [0.717, 1.165) is 25.7 Å². The summed E-state index contributed by atoms with van der Waals surface area (Å²) >= 11 is 0. The predicted octanol–water partition coefficient (Wildman–Crippen LogP) is 2.47. The minimum atomic E-state index is -0.956. The van der Waals surface area contributed by atoms with E-state index in [-0.39, 0.29) is 30.1 Å². The van der Waals surface area contributed by atoms with Crippen molar-refractivity contribution in [3.63, 3.8) is 0 Å². The molecule has 2 saturated carbocycles. The zero-order valence-corrected chi connectivity index (χ0v) is 23.1. The lowest BCUT2D eigenvalue weighted by Crippen LogP contribution is -2.56. The second-order valence-electron chi connectivity index (χ2n) is 11.5. The van der Waals surface area contributed by atoms with Crippen molar-refractivity contribution in [3.8, 4) is 0 Å². The summed E-state index contributed by atoms with van der Waals surface area (Å²) in [5.74, 6) is -1.17. The number of hydrogen-bond acceptors (Lipinski definition) is 6. The van der Waals surface area contributed by atoms with Gasteiger partial charge >= 0.3 is 0 Å². The monoisotopic (exact) mass is 531 g/mol. The Morgan fingerprint density at radius 2 is 1.61 bits per heavy atom. The molecule has 0 bridgehead atoms. The van der Waals surface area contributed by atoms with Crippen molar-refractivity contribution >= 4 is 23.5 Å². The number of ketones is 1. The molecule has 0 aromatic heterocycles. The van der Waals surface area contributed by atoms with Crippen LogP contribution in [0.2, 0.25) is 0 Å². The smallest absolute Gasteiger partial charge is 0.243 e. The molecule has 0 spiro atoms. The van der Waals surface area contributed by atoms with Crippen molar-refractivity contribution in [2.45, 2.75) is 115 Å². The number of carbonyl (C=O) groups excluding carboxylic acids is 4. The Bertz CT molecular complexity index is 913. The Morgan fingerprint density at radius 1 is 1.00 bits per heavy atom.